The van der Waals surface area contributed by atoms with Crippen molar-refractivity contribution in [1.82, 2.24) is 15.5 Å². The van der Waals surface area contributed by atoms with Crippen molar-refractivity contribution < 1.29 is 18.0 Å². The van der Waals surface area contributed by atoms with E-state index in [1.807, 2.05) is 5.10 Å². The number of carbonyl (C=O) groups is 1. The number of nitrogens with zero attached hydrogens (tertiary/aromatic N) is 1. The summed E-state index contributed by atoms with van der Waals surface area (Å²) in [6.07, 6.45) is -4.11. The molecule has 0 fully saturated rings. The first-order chi connectivity index (χ1) is 8.80. The van der Waals surface area contributed by atoms with Crippen molar-refractivity contribution >= 4 is 5.91 Å². The van der Waals surface area contributed by atoms with E-state index in [1.54, 1.807) is 0 Å². The van der Waals surface area contributed by atoms with Crippen LogP contribution in [0.25, 0.3) is 0 Å². The van der Waals surface area contributed by atoms with Crippen LogP contribution >= 0.6 is 0 Å². The summed E-state index contributed by atoms with van der Waals surface area (Å²) in [5, 5.41) is 8.14. The first kappa shape index (κ1) is 13.6. The molecule has 8 heteroatoms. The highest BCUT2D eigenvalue weighted by atomic mass is 19.4. The van der Waals surface area contributed by atoms with Crippen molar-refractivity contribution in [3.8, 4) is 0 Å². The highest BCUT2D eigenvalue weighted by molar-refractivity contribution is 5.72. The summed E-state index contributed by atoms with van der Waals surface area (Å²) in [7, 11) is 0. The van der Waals surface area contributed by atoms with Crippen LogP contribution in [0.3, 0.4) is 0 Å². The van der Waals surface area contributed by atoms with Gasteiger partial charge in [-0.15, -0.1) is 0 Å². The Hall–Kier alpha value is -1.86. The van der Waals surface area contributed by atoms with Crippen LogP contribution in [0.2, 0.25) is 0 Å². The van der Waals surface area contributed by atoms with Crippen molar-refractivity contribution in [3.05, 3.63) is 27.2 Å². The molecule has 1 aliphatic carbocycles. The second-order valence-electron chi connectivity index (χ2n) is 4.46. The van der Waals surface area contributed by atoms with E-state index in [0.29, 0.717) is 6.42 Å². The van der Waals surface area contributed by atoms with Crippen LogP contribution in [0.4, 0.5) is 13.2 Å². The third kappa shape index (κ3) is 2.61. The standard InChI is InChI=1S/C11H12F3N3O2/c1-5(18)15-4-6-2-3-7-8(11(12,13)14)10(19)17-16-9(6)7/h6H,2-4H2,1H3,(H,15,18)(H,17,19). The Morgan fingerprint density at radius 2 is 2.21 bits per heavy atom. The lowest BCUT2D eigenvalue weighted by Crippen LogP contribution is -2.28. The molecule has 1 unspecified atom stereocenters. The quantitative estimate of drug-likeness (QED) is 0.844. The molecule has 1 aromatic heterocycles. The number of alkyl halides is 3. The molecular weight excluding hydrogens is 263 g/mol. The summed E-state index contributed by atoms with van der Waals surface area (Å²) in [4.78, 5) is 22.1. The van der Waals surface area contributed by atoms with E-state index >= 15 is 0 Å². The van der Waals surface area contributed by atoms with Gasteiger partial charge in [0.25, 0.3) is 5.56 Å². The number of carbonyl (C=O) groups excluding carboxylic acids is 1. The van der Waals surface area contributed by atoms with E-state index in [0.717, 1.165) is 0 Å². The van der Waals surface area contributed by atoms with Crippen LogP contribution < -0.4 is 10.9 Å². The van der Waals surface area contributed by atoms with E-state index in [9.17, 15) is 22.8 Å². The summed E-state index contributed by atoms with van der Waals surface area (Å²) in [5.74, 6) is -0.550. The summed E-state index contributed by atoms with van der Waals surface area (Å²) in [5.41, 5.74) is -2.21. The Morgan fingerprint density at radius 3 is 2.79 bits per heavy atom. The van der Waals surface area contributed by atoms with Gasteiger partial charge in [0.05, 0.1) is 5.69 Å². The zero-order valence-corrected chi connectivity index (χ0v) is 10.1. The van der Waals surface area contributed by atoms with E-state index in [4.69, 9.17) is 0 Å². The summed E-state index contributed by atoms with van der Waals surface area (Å²) in [6.45, 7) is 1.55. The summed E-state index contributed by atoms with van der Waals surface area (Å²) >= 11 is 0. The van der Waals surface area contributed by atoms with Gasteiger partial charge in [0, 0.05) is 19.4 Å². The van der Waals surface area contributed by atoms with E-state index < -0.39 is 17.3 Å². The highest BCUT2D eigenvalue weighted by Crippen LogP contribution is 2.37. The van der Waals surface area contributed by atoms with Gasteiger partial charge in [-0.1, -0.05) is 0 Å². The maximum absolute atomic E-state index is 12.8. The largest absolute Gasteiger partial charge is 0.422 e. The molecule has 0 aromatic carbocycles. The molecule has 1 amide bonds. The number of amides is 1. The van der Waals surface area contributed by atoms with Gasteiger partial charge in [-0.05, 0) is 18.4 Å². The number of hydrogen-bond acceptors (Lipinski definition) is 3. The normalized spacial score (nSPS) is 18.2. The maximum Gasteiger partial charge on any atom is 0.422 e. The number of nitrogens with one attached hydrogen (secondary N) is 2. The van der Waals surface area contributed by atoms with Crippen molar-refractivity contribution in [3.63, 3.8) is 0 Å². The Labute approximate surface area is 106 Å². The minimum atomic E-state index is -4.69. The van der Waals surface area contributed by atoms with Gasteiger partial charge in [-0.25, -0.2) is 5.10 Å². The lowest BCUT2D eigenvalue weighted by Gasteiger charge is -2.12. The molecule has 2 rings (SSSR count). The number of aromatic amines is 1. The first-order valence-electron chi connectivity index (χ1n) is 5.73. The molecule has 5 nitrogen and oxygen atoms in total. The fourth-order valence-electron chi connectivity index (χ4n) is 2.31. The second-order valence-corrected chi connectivity index (χ2v) is 4.46. The van der Waals surface area contributed by atoms with Gasteiger partial charge in [0.2, 0.25) is 5.91 Å². The summed E-state index contributed by atoms with van der Waals surface area (Å²) < 4.78 is 38.5. The maximum atomic E-state index is 12.8. The molecule has 0 aliphatic heterocycles. The number of aromatic nitrogens is 2. The number of H-pyrrole nitrogens is 1. The summed E-state index contributed by atoms with van der Waals surface area (Å²) in [6, 6.07) is 0. The lowest BCUT2D eigenvalue weighted by molar-refractivity contribution is -0.139. The van der Waals surface area contributed by atoms with Crippen LogP contribution in [-0.2, 0) is 17.4 Å². The fraction of sp³-hybridized carbons (Fsp3) is 0.545. The molecule has 0 saturated heterocycles. The molecular formula is C11H12F3N3O2. The molecule has 2 N–H and O–H groups in total. The Balaban J connectivity index is 2.38. The van der Waals surface area contributed by atoms with Crippen molar-refractivity contribution in [2.24, 2.45) is 0 Å². The number of hydrogen-bond donors (Lipinski definition) is 2. The van der Waals surface area contributed by atoms with Gasteiger partial charge < -0.3 is 5.32 Å². The minimum Gasteiger partial charge on any atom is -0.356 e. The van der Waals surface area contributed by atoms with Gasteiger partial charge in [-0.2, -0.15) is 18.3 Å². The number of rotatable bonds is 2. The zero-order chi connectivity index (χ0) is 14.2. The van der Waals surface area contributed by atoms with Crippen LogP contribution in [0, 0.1) is 0 Å². The molecule has 0 bridgehead atoms. The van der Waals surface area contributed by atoms with Crippen LogP contribution in [-0.4, -0.2) is 22.6 Å². The molecule has 1 heterocycles. The second kappa shape index (κ2) is 4.67. The average molecular weight is 275 g/mol. The molecule has 1 aromatic rings. The average Bonchev–Trinajstić information content (AvgIpc) is 2.67. The van der Waals surface area contributed by atoms with Gasteiger partial charge in [-0.3, -0.25) is 9.59 Å². The third-order valence-electron chi connectivity index (χ3n) is 3.13. The monoisotopic (exact) mass is 275 g/mol. The zero-order valence-electron chi connectivity index (χ0n) is 10.1. The molecule has 1 aliphatic rings. The molecule has 1 atom stereocenters. The topological polar surface area (TPSA) is 74.8 Å². The molecule has 104 valence electrons. The Bertz CT molecular complexity index is 565. The minimum absolute atomic E-state index is 0.0494. The smallest absolute Gasteiger partial charge is 0.356 e. The van der Waals surface area contributed by atoms with Crippen molar-refractivity contribution in [1.29, 1.82) is 0 Å². The Morgan fingerprint density at radius 1 is 1.53 bits per heavy atom. The molecule has 19 heavy (non-hydrogen) atoms. The fourth-order valence-corrected chi connectivity index (χ4v) is 2.31. The van der Waals surface area contributed by atoms with Gasteiger partial charge >= 0.3 is 6.18 Å². The molecule has 0 saturated carbocycles. The van der Waals surface area contributed by atoms with E-state index in [1.165, 1.54) is 6.92 Å². The number of fused-ring (bicyclic) bond motifs is 1. The lowest BCUT2D eigenvalue weighted by atomic mass is 10.1. The predicted molar refractivity (Wildman–Crippen MR) is 59.6 cm³/mol. The van der Waals surface area contributed by atoms with Gasteiger partial charge in [0.1, 0.15) is 5.56 Å². The van der Waals surface area contributed by atoms with Crippen LogP contribution in [0.15, 0.2) is 4.79 Å². The molecule has 0 spiro atoms. The SMILES string of the molecule is CC(=O)NCC1CCc2c1n[nH]c(=O)c2C(F)(F)F. The van der Waals surface area contributed by atoms with Crippen molar-refractivity contribution in [2.45, 2.75) is 31.9 Å². The van der Waals surface area contributed by atoms with Crippen LogP contribution in [0.5, 0.6) is 0 Å². The predicted octanol–water partition coefficient (Wildman–Crippen LogP) is 0.955. The van der Waals surface area contributed by atoms with E-state index in [-0.39, 0.29) is 36.0 Å². The van der Waals surface area contributed by atoms with Crippen molar-refractivity contribution in [2.75, 3.05) is 6.54 Å². The third-order valence-corrected chi connectivity index (χ3v) is 3.13. The molecule has 0 radical (unpaired) electrons. The Kier molecular flexibility index (Phi) is 3.34. The van der Waals surface area contributed by atoms with Gasteiger partial charge in [0.15, 0.2) is 0 Å². The highest BCUT2D eigenvalue weighted by Gasteiger charge is 2.41. The van der Waals surface area contributed by atoms with E-state index in [2.05, 4.69) is 10.4 Å². The van der Waals surface area contributed by atoms with Crippen LogP contribution in [0.1, 0.15) is 36.1 Å². The number of halogens is 3. The first-order valence-corrected chi connectivity index (χ1v) is 5.73.